The van der Waals surface area contributed by atoms with Crippen molar-refractivity contribution in [2.45, 2.75) is 31.7 Å². The van der Waals surface area contributed by atoms with Crippen LogP contribution in [0, 0.1) is 10.1 Å². The zero-order valence-electron chi connectivity index (χ0n) is 12.8. The van der Waals surface area contributed by atoms with E-state index in [-0.39, 0.29) is 30.3 Å². The number of hydrogen-bond donors (Lipinski definition) is 0. The van der Waals surface area contributed by atoms with Gasteiger partial charge in [-0.1, -0.05) is 6.92 Å². The quantitative estimate of drug-likeness (QED) is 0.345. The van der Waals surface area contributed by atoms with Gasteiger partial charge in [-0.2, -0.15) is 0 Å². The molecule has 0 aliphatic carbocycles. The van der Waals surface area contributed by atoms with Crippen LogP contribution in [0.1, 0.15) is 25.3 Å². The highest BCUT2D eigenvalue weighted by Crippen LogP contribution is 2.40. The van der Waals surface area contributed by atoms with Gasteiger partial charge in [0.2, 0.25) is 5.91 Å². The van der Waals surface area contributed by atoms with E-state index in [0.717, 1.165) is 0 Å². The highest BCUT2D eigenvalue weighted by molar-refractivity contribution is 7.90. The van der Waals surface area contributed by atoms with Crippen LogP contribution in [-0.4, -0.2) is 31.3 Å². The molecule has 8 nitrogen and oxygen atoms in total. The number of non-ortho nitro benzene ring substituents is 1. The summed E-state index contributed by atoms with van der Waals surface area (Å²) in [5.74, 6) is -0.937. The molecule has 1 fully saturated rings. The smallest absolute Gasteiger partial charge is 0.356 e. The lowest BCUT2D eigenvalue weighted by Gasteiger charge is -2.34. The van der Waals surface area contributed by atoms with Gasteiger partial charge in [0, 0.05) is 17.0 Å². The summed E-state index contributed by atoms with van der Waals surface area (Å²) in [6.07, 6.45) is 0.574. The molecule has 0 radical (unpaired) electrons. The summed E-state index contributed by atoms with van der Waals surface area (Å²) in [4.78, 5) is 35.8. The SMILES string of the molecule is CCC1=C(C(=O)OCc2ccc([N+](=O)[O-])cc2)N2C(=O)CC2S1=O. The number of carbonyl (C=O) groups excluding carboxylic acids is 2. The van der Waals surface area contributed by atoms with Gasteiger partial charge in [-0.25, -0.2) is 4.79 Å². The van der Waals surface area contributed by atoms with Gasteiger partial charge in [0.1, 0.15) is 17.7 Å². The zero-order chi connectivity index (χ0) is 17.4. The second-order valence-corrected chi connectivity index (χ2v) is 6.98. The van der Waals surface area contributed by atoms with E-state index >= 15 is 0 Å². The Morgan fingerprint density at radius 1 is 1.42 bits per heavy atom. The first-order chi connectivity index (χ1) is 11.4. The number of carbonyl (C=O) groups is 2. The van der Waals surface area contributed by atoms with Crippen molar-refractivity contribution in [3.05, 3.63) is 50.5 Å². The molecule has 24 heavy (non-hydrogen) atoms. The van der Waals surface area contributed by atoms with Gasteiger partial charge in [-0.05, 0) is 24.1 Å². The van der Waals surface area contributed by atoms with E-state index in [1.54, 1.807) is 6.92 Å². The van der Waals surface area contributed by atoms with Crippen molar-refractivity contribution in [3.63, 3.8) is 0 Å². The minimum absolute atomic E-state index is 0.0544. The number of ether oxygens (including phenoxy) is 1. The number of benzene rings is 1. The number of esters is 1. The fourth-order valence-corrected chi connectivity index (χ4v) is 4.37. The monoisotopic (exact) mass is 350 g/mol. The Balaban J connectivity index is 1.72. The summed E-state index contributed by atoms with van der Waals surface area (Å²) in [6.45, 7) is 1.68. The Morgan fingerprint density at radius 2 is 2.08 bits per heavy atom. The van der Waals surface area contributed by atoms with Gasteiger partial charge in [0.05, 0.1) is 22.1 Å². The third kappa shape index (κ3) is 2.60. The van der Waals surface area contributed by atoms with Crippen molar-refractivity contribution >= 4 is 28.4 Å². The summed E-state index contributed by atoms with van der Waals surface area (Å²) < 4.78 is 17.4. The van der Waals surface area contributed by atoms with Gasteiger partial charge < -0.3 is 4.74 Å². The number of amides is 1. The lowest BCUT2D eigenvalue weighted by atomic mass is 10.1. The molecule has 2 aliphatic heterocycles. The summed E-state index contributed by atoms with van der Waals surface area (Å²) in [5.41, 5.74) is 0.610. The Hall–Kier alpha value is -2.55. The fourth-order valence-electron chi connectivity index (χ4n) is 2.67. The molecule has 126 valence electrons. The van der Waals surface area contributed by atoms with Gasteiger partial charge in [-0.3, -0.25) is 24.0 Å². The van der Waals surface area contributed by atoms with Gasteiger partial charge >= 0.3 is 5.97 Å². The number of allylic oxidation sites excluding steroid dienone is 1. The Kier molecular flexibility index (Phi) is 4.18. The lowest BCUT2D eigenvalue weighted by molar-refractivity contribution is -0.384. The van der Waals surface area contributed by atoms with E-state index < -0.39 is 27.1 Å². The van der Waals surface area contributed by atoms with Crippen molar-refractivity contribution in [1.82, 2.24) is 4.90 Å². The summed E-state index contributed by atoms with van der Waals surface area (Å²) >= 11 is 0. The number of nitro groups is 1. The lowest BCUT2D eigenvalue weighted by Crippen LogP contribution is -2.51. The van der Waals surface area contributed by atoms with Crippen LogP contribution in [0.25, 0.3) is 0 Å². The molecule has 0 aromatic heterocycles. The minimum atomic E-state index is -1.37. The van der Waals surface area contributed by atoms with Gasteiger partial charge in [0.25, 0.3) is 5.69 Å². The van der Waals surface area contributed by atoms with E-state index in [2.05, 4.69) is 0 Å². The van der Waals surface area contributed by atoms with E-state index in [1.165, 1.54) is 29.2 Å². The molecule has 1 amide bonds. The van der Waals surface area contributed by atoms with E-state index in [1.807, 2.05) is 0 Å². The first kappa shape index (κ1) is 16.3. The number of fused-ring (bicyclic) bond motifs is 1. The van der Waals surface area contributed by atoms with E-state index in [4.69, 9.17) is 4.74 Å². The number of rotatable bonds is 5. The largest absolute Gasteiger partial charge is 0.456 e. The number of nitrogens with zero attached hydrogens (tertiary/aromatic N) is 2. The summed E-state index contributed by atoms with van der Waals surface area (Å²) in [5, 5.41) is 10.2. The normalized spacial score (nSPS) is 22.2. The summed E-state index contributed by atoms with van der Waals surface area (Å²) in [7, 11) is -1.37. The van der Waals surface area contributed by atoms with Crippen LogP contribution in [0.15, 0.2) is 34.9 Å². The topological polar surface area (TPSA) is 107 Å². The third-order valence-electron chi connectivity index (χ3n) is 3.93. The third-order valence-corrected chi connectivity index (χ3v) is 5.77. The van der Waals surface area contributed by atoms with Crippen molar-refractivity contribution in [2.75, 3.05) is 0 Å². The molecule has 0 bridgehead atoms. The maximum Gasteiger partial charge on any atom is 0.356 e. The molecule has 1 saturated heterocycles. The van der Waals surface area contributed by atoms with Crippen LogP contribution in [0.4, 0.5) is 5.69 Å². The predicted octanol–water partition coefficient (Wildman–Crippen LogP) is 1.58. The number of hydrogen-bond acceptors (Lipinski definition) is 6. The number of β-lactam (4-membered cyclic amide) rings is 1. The second kappa shape index (κ2) is 6.16. The van der Waals surface area contributed by atoms with Crippen LogP contribution in [-0.2, 0) is 31.7 Å². The highest BCUT2D eigenvalue weighted by Gasteiger charge is 2.52. The van der Waals surface area contributed by atoms with Crippen LogP contribution < -0.4 is 0 Å². The molecule has 0 saturated carbocycles. The average Bonchev–Trinajstić information content (AvgIpc) is 2.79. The molecule has 2 atom stereocenters. The minimum Gasteiger partial charge on any atom is -0.456 e. The fraction of sp³-hybridized carbons (Fsp3) is 0.333. The zero-order valence-corrected chi connectivity index (χ0v) is 13.6. The summed E-state index contributed by atoms with van der Waals surface area (Å²) in [6, 6.07) is 5.62. The number of nitro benzene ring substituents is 1. The molecular weight excluding hydrogens is 336 g/mol. The van der Waals surface area contributed by atoms with Crippen molar-refractivity contribution < 1.29 is 23.5 Å². The first-order valence-corrected chi connectivity index (χ1v) is 8.51. The Labute approximate surface area is 139 Å². The second-order valence-electron chi connectivity index (χ2n) is 5.34. The first-order valence-electron chi connectivity index (χ1n) is 7.30. The predicted molar refractivity (Wildman–Crippen MR) is 83.6 cm³/mol. The molecule has 9 heteroatoms. The van der Waals surface area contributed by atoms with Crippen LogP contribution in [0.3, 0.4) is 0 Å². The molecular formula is C15H14N2O6S. The van der Waals surface area contributed by atoms with Crippen LogP contribution >= 0.6 is 0 Å². The van der Waals surface area contributed by atoms with Crippen molar-refractivity contribution in [2.24, 2.45) is 0 Å². The standard InChI is InChI=1S/C15H14N2O6S/c1-2-11-14(16-12(18)7-13(16)24(11)22)15(19)23-8-9-3-5-10(6-4-9)17(20)21/h3-6,13H,2,7-8H2,1H3. The van der Waals surface area contributed by atoms with Crippen LogP contribution in [0.2, 0.25) is 0 Å². The van der Waals surface area contributed by atoms with Crippen molar-refractivity contribution in [1.29, 1.82) is 0 Å². The van der Waals surface area contributed by atoms with E-state index in [9.17, 15) is 23.9 Å². The molecule has 0 N–H and O–H groups in total. The maximum absolute atomic E-state index is 12.3. The van der Waals surface area contributed by atoms with E-state index in [0.29, 0.717) is 16.9 Å². The van der Waals surface area contributed by atoms with Crippen molar-refractivity contribution in [3.8, 4) is 0 Å². The van der Waals surface area contributed by atoms with Gasteiger partial charge in [-0.15, -0.1) is 0 Å². The molecule has 1 aromatic carbocycles. The Morgan fingerprint density at radius 3 is 2.62 bits per heavy atom. The highest BCUT2D eigenvalue weighted by atomic mass is 32.2. The molecule has 2 aliphatic rings. The molecule has 2 unspecified atom stereocenters. The molecule has 3 rings (SSSR count). The molecule has 2 heterocycles. The average molecular weight is 350 g/mol. The molecule has 0 spiro atoms. The molecule has 1 aromatic rings. The van der Waals surface area contributed by atoms with Gasteiger partial charge in [0.15, 0.2) is 0 Å². The van der Waals surface area contributed by atoms with Crippen LogP contribution in [0.5, 0.6) is 0 Å². The maximum atomic E-state index is 12.3. The Bertz CT molecular complexity index is 786.